The van der Waals surface area contributed by atoms with Crippen LogP contribution < -0.4 is 0 Å². The molecule has 0 unspecified atom stereocenters. The molecule has 0 spiro atoms. The Balaban J connectivity index is 2.94. The highest BCUT2D eigenvalue weighted by Gasteiger charge is 2.07. The van der Waals surface area contributed by atoms with Crippen molar-refractivity contribution in [3.8, 4) is 0 Å². The zero-order valence-electron chi connectivity index (χ0n) is 10.3. The van der Waals surface area contributed by atoms with Crippen LogP contribution in [0.5, 0.6) is 0 Å². The molecule has 0 fully saturated rings. The van der Waals surface area contributed by atoms with Crippen molar-refractivity contribution >= 4 is 27.8 Å². The molecule has 3 heteroatoms. The summed E-state index contributed by atoms with van der Waals surface area (Å²) < 4.78 is 0. The van der Waals surface area contributed by atoms with Gasteiger partial charge in [0.2, 0.25) is 0 Å². The molecule has 0 aliphatic heterocycles. The van der Waals surface area contributed by atoms with Crippen LogP contribution in [0.25, 0.3) is 6.08 Å². The van der Waals surface area contributed by atoms with Crippen LogP contribution in [-0.4, -0.2) is 29.1 Å². The summed E-state index contributed by atoms with van der Waals surface area (Å²) >= 11 is 3.21. The van der Waals surface area contributed by atoms with Crippen molar-refractivity contribution in [2.45, 2.75) is 13.8 Å². The van der Waals surface area contributed by atoms with Crippen LogP contribution >= 0.6 is 15.9 Å². The van der Waals surface area contributed by atoms with Crippen LogP contribution in [0.15, 0.2) is 30.5 Å². The number of ketones is 1. The second kappa shape index (κ2) is 7.28. The molecule has 0 radical (unpaired) electrons. The number of Topliss-reactive ketones (excluding diaryl/α,β-unsaturated/α-hetero) is 1. The predicted molar refractivity (Wildman–Crippen MR) is 76.5 cm³/mol. The van der Waals surface area contributed by atoms with Crippen LogP contribution in [0, 0.1) is 0 Å². The average Bonchev–Trinajstić information content (AvgIpc) is 2.39. The topological polar surface area (TPSA) is 20.3 Å². The first-order chi connectivity index (χ1) is 8.22. The zero-order chi connectivity index (χ0) is 12.7. The first kappa shape index (κ1) is 14.0. The van der Waals surface area contributed by atoms with Gasteiger partial charge >= 0.3 is 0 Å². The highest BCUT2D eigenvalue weighted by Crippen LogP contribution is 2.13. The third-order valence-corrected chi connectivity index (χ3v) is 3.17. The van der Waals surface area contributed by atoms with Crippen LogP contribution in [-0.2, 0) is 0 Å². The molecular formula is C14H18BrNO. The average molecular weight is 296 g/mol. The van der Waals surface area contributed by atoms with Gasteiger partial charge in [0.05, 0.1) is 5.33 Å². The Hall–Kier alpha value is -1.09. The van der Waals surface area contributed by atoms with Crippen molar-refractivity contribution in [3.63, 3.8) is 0 Å². The van der Waals surface area contributed by atoms with Crippen molar-refractivity contribution in [3.05, 3.63) is 41.6 Å². The maximum atomic E-state index is 11.7. The predicted octanol–water partition coefficient (Wildman–Crippen LogP) is 3.58. The van der Waals surface area contributed by atoms with Gasteiger partial charge in [-0.25, -0.2) is 0 Å². The van der Waals surface area contributed by atoms with E-state index >= 15 is 0 Å². The Kier molecular flexibility index (Phi) is 5.98. The van der Waals surface area contributed by atoms with Crippen molar-refractivity contribution in [2.24, 2.45) is 0 Å². The maximum Gasteiger partial charge on any atom is 0.173 e. The lowest BCUT2D eigenvalue weighted by atomic mass is 10.0. The van der Waals surface area contributed by atoms with Crippen molar-refractivity contribution in [1.82, 2.24) is 4.90 Å². The van der Waals surface area contributed by atoms with Gasteiger partial charge in [0.15, 0.2) is 5.78 Å². The van der Waals surface area contributed by atoms with Crippen LogP contribution in [0.3, 0.4) is 0 Å². The van der Waals surface area contributed by atoms with Gasteiger partial charge in [0, 0.05) is 18.7 Å². The lowest BCUT2D eigenvalue weighted by Crippen LogP contribution is -2.15. The molecule has 1 aromatic rings. The van der Waals surface area contributed by atoms with E-state index in [4.69, 9.17) is 0 Å². The Morgan fingerprint density at radius 2 is 1.94 bits per heavy atom. The van der Waals surface area contributed by atoms with Gasteiger partial charge < -0.3 is 4.90 Å². The summed E-state index contributed by atoms with van der Waals surface area (Å²) in [6, 6.07) is 7.68. The number of halogens is 1. The molecule has 2 nitrogen and oxygen atoms in total. The number of rotatable bonds is 6. The second-order valence-corrected chi connectivity index (χ2v) is 4.24. The third-order valence-electron chi connectivity index (χ3n) is 2.66. The monoisotopic (exact) mass is 295 g/mol. The smallest absolute Gasteiger partial charge is 0.173 e. The summed E-state index contributed by atoms with van der Waals surface area (Å²) in [5, 5.41) is 0.364. The van der Waals surface area contributed by atoms with Gasteiger partial charge in [-0.3, -0.25) is 4.79 Å². The molecule has 92 valence electrons. The molecule has 0 bridgehead atoms. The summed E-state index contributed by atoms with van der Waals surface area (Å²) in [5.41, 5.74) is 1.75. The van der Waals surface area contributed by atoms with Gasteiger partial charge in [-0.2, -0.15) is 0 Å². The Bertz CT molecular complexity index is 397. The van der Waals surface area contributed by atoms with Crippen molar-refractivity contribution in [2.75, 3.05) is 18.4 Å². The van der Waals surface area contributed by atoms with Gasteiger partial charge in [-0.15, -0.1) is 0 Å². The summed E-state index contributed by atoms with van der Waals surface area (Å²) in [6.07, 6.45) is 4.04. The minimum Gasteiger partial charge on any atom is -0.378 e. The van der Waals surface area contributed by atoms with E-state index in [0.717, 1.165) is 24.2 Å². The molecule has 0 saturated carbocycles. The standard InChI is InChI=1S/C14H18BrNO/c1-3-16(4-2)10-9-12-7-5-6-8-13(12)14(17)11-15/h5-10H,3-4,11H2,1-2H3. The molecule has 17 heavy (non-hydrogen) atoms. The third kappa shape index (κ3) is 4.00. The quantitative estimate of drug-likeness (QED) is 0.591. The van der Waals surface area contributed by atoms with Crippen molar-refractivity contribution in [1.29, 1.82) is 0 Å². The van der Waals surface area contributed by atoms with Gasteiger partial charge in [-0.1, -0.05) is 40.2 Å². The number of alkyl halides is 1. The van der Waals surface area contributed by atoms with E-state index in [2.05, 4.69) is 34.7 Å². The molecule has 0 aromatic heterocycles. The highest BCUT2D eigenvalue weighted by atomic mass is 79.9. The minimum absolute atomic E-state index is 0.116. The molecule has 0 aliphatic rings. The number of hydrogen-bond acceptors (Lipinski definition) is 2. The Morgan fingerprint density at radius 3 is 2.53 bits per heavy atom. The fraction of sp³-hybridized carbons (Fsp3) is 0.357. The van der Waals surface area contributed by atoms with Gasteiger partial charge in [0.25, 0.3) is 0 Å². The van der Waals surface area contributed by atoms with Crippen LogP contribution in [0.4, 0.5) is 0 Å². The molecule has 1 rings (SSSR count). The van der Waals surface area contributed by atoms with Gasteiger partial charge in [0.1, 0.15) is 0 Å². The van der Waals surface area contributed by atoms with E-state index in [0.29, 0.717) is 5.33 Å². The van der Waals surface area contributed by atoms with Crippen molar-refractivity contribution < 1.29 is 4.79 Å². The first-order valence-corrected chi connectivity index (χ1v) is 6.95. The number of carbonyl (C=O) groups is 1. The number of carbonyl (C=O) groups excluding carboxylic acids is 1. The maximum absolute atomic E-state index is 11.7. The SMILES string of the molecule is CCN(C=Cc1ccccc1C(=O)CBr)CC. The normalized spacial score (nSPS) is 10.8. The molecule has 0 heterocycles. The first-order valence-electron chi connectivity index (χ1n) is 5.83. The van der Waals surface area contributed by atoms with E-state index in [1.165, 1.54) is 0 Å². The molecule has 0 aliphatic carbocycles. The van der Waals surface area contributed by atoms with E-state index in [-0.39, 0.29) is 5.78 Å². The zero-order valence-corrected chi connectivity index (χ0v) is 11.9. The van der Waals surface area contributed by atoms with Crippen LogP contribution in [0.2, 0.25) is 0 Å². The fourth-order valence-corrected chi connectivity index (χ4v) is 1.89. The molecular weight excluding hydrogens is 278 g/mol. The fourth-order valence-electron chi connectivity index (χ4n) is 1.59. The van der Waals surface area contributed by atoms with Gasteiger partial charge in [-0.05, 0) is 31.7 Å². The molecule has 0 atom stereocenters. The number of benzene rings is 1. The lowest BCUT2D eigenvalue weighted by Gasteiger charge is -2.14. The second-order valence-electron chi connectivity index (χ2n) is 3.68. The summed E-state index contributed by atoms with van der Waals surface area (Å²) in [4.78, 5) is 13.9. The van der Waals surface area contributed by atoms with E-state index < -0.39 is 0 Å². The lowest BCUT2D eigenvalue weighted by molar-refractivity contribution is 0.102. The molecule has 0 amide bonds. The largest absolute Gasteiger partial charge is 0.378 e. The minimum atomic E-state index is 0.116. The van der Waals surface area contributed by atoms with E-state index in [1.807, 2.05) is 36.5 Å². The van der Waals surface area contributed by atoms with Crippen LogP contribution in [0.1, 0.15) is 29.8 Å². The van der Waals surface area contributed by atoms with E-state index in [1.54, 1.807) is 0 Å². The summed E-state index contributed by atoms with van der Waals surface area (Å²) in [5.74, 6) is 0.116. The highest BCUT2D eigenvalue weighted by molar-refractivity contribution is 9.09. The molecule has 0 saturated heterocycles. The Morgan fingerprint density at radius 1 is 1.29 bits per heavy atom. The summed E-state index contributed by atoms with van der Waals surface area (Å²) in [7, 11) is 0. The number of hydrogen-bond donors (Lipinski definition) is 0. The summed E-state index contributed by atoms with van der Waals surface area (Å²) in [6.45, 7) is 6.18. The number of nitrogens with zero attached hydrogens (tertiary/aromatic N) is 1. The Labute approximate surface area is 111 Å². The van der Waals surface area contributed by atoms with E-state index in [9.17, 15) is 4.79 Å². The molecule has 0 N–H and O–H groups in total. The molecule has 1 aromatic carbocycles.